The molecule has 0 atom stereocenters. The van der Waals surface area contributed by atoms with Crippen molar-refractivity contribution in [3.63, 3.8) is 0 Å². The topological polar surface area (TPSA) is 98.6 Å². The molecule has 3 rings (SSSR count). The monoisotopic (exact) mass is 415 g/mol. The second-order valence-corrected chi connectivity index (χ2v) is 5.79. The SMILES string of the molecule is CCOc1cc(/C=N/NC(=O)c2ccccn2)ccc1Oc1nc(Cl)ncc1F. The summed E-state index contributed by atoms with van der Waals surface area (Å²) in [6, 6.07) is 9.81. The molecule has 0 bridgehead atoms. The van der Waals surface area contributed by atoms with Crippen LogP contribution in [-0.4, -0.2) is 33.7 Å². The second kappa shape index (κ2) is 9.56. The predicted molar refractivity (Wildman–Crippen MR) is 104 cm³/mol. The number of hydrazone groups is 1. The van der Waals surface area contributed by atoms with Crippen molar-refractivity contribution in [1.82, 2.24) is 20.4 Å². The number of pyridine rings is 1. The molecule has 0 aliphatic rings. The minimum absolute atomic E-state index is 0.147. The number of hydrogen-bond donors (Lipinski definition) is 1. The van der Waals surface area contributed by atoms with Crippen LogP contribution in [-0.2, 0) is 0 Å². The number of hydrogen-bond acceptors (Lipinski definition) is 7. The number of carbonyl (C=O) groups excluding carboxylic acids is 1. The number of halogens is 2. The first-order valence-corrected chi connectivity index (χ1v) is 8.81. The van der Waals surface area contributed by atoms with Crippen LogP contribution in [0.25, 0.3) is 0 Å². The first-order valence-electron chi connectivity index (χ1n) is 8.44. The summed E-state index contributed by atoms with van der Waals surface area (Å²) in [6.07, 6.45) is 3.85. The van der Waals surface area contributed by atoms with E-state index in [1.807, 2.05) is 0 Å². The summed E-state index contributed by atoms with van der Waals surface area (Å²) in [4.78, 5) is 23.1. The minimum atomic E-state index is -0.764. The van der Waals surface area contributed by atoms with E-state index >= 15 is 0 Å². The molecule has 8 nitrogen and oxygen atoms in total. The summed E-state index contributed by atoms with van der Waals surface area (Å²) < 4.78 is 24.8. The van der Waals surface area contributed by atoms with Crippen LogP contribution < -0.4 is 14.9 Å². The van der Waals surface area contributed by atoms with Crippen LogP contribution in [0, 0.1) is 5.82 Å². The van der Waals surface area contributed by atoms with Crippen LogP contribution in [0.3, 0.4) is 0 Å². The molecule has 2 aromatic heterocycles. The van der Waals surface area contributed by atoms with Gasteiger partial charge in [-0.15, -0.1) is 0 Å². The van der Waals surface area contributed by atoms with Crippen LogP contribution in [0.15, 0.2) is 53.9 Å². The van der Waals surface area contributed by atoms with E-state index < -0.39 is 11.7 Å². The molecule has 0 aliphatic heterocycles. The van der Waals surface area contributed by atoms with Crippen LogP contribution in [0.5, 0.6) is 17.4 Å². The number of carbonyl (C=O) groups is 1. The van der Waals surface area contributed by atoms with Gasteiger partial charge in [-0.2, -0.15) is 14.5 Å². The highest BCUT2D eigenvalue weighted by atomic mass is 35.5. The standard InChI is InChI=1S/C19H15ClFN5O3/c1-2-28-16-9-12(10-24-26-17(27)14-5-3-4-8-22-14)6-7-15(16)29-18-13(21)11-23-19(20)25-18/h3-11H,2H2,1H3,(H,26,27)/b24-10+. The summed E-state index contributed by atoms with van der Waals surface area (Å²) >= 11 is 5.68. The summed E-state index contributed by atoms with van der Waals surface area (Å²) in [5.74, 6) is -0.963. The molecule has 0 radical (unpaired) electrons. The van der Waals surface area contributed by atoms with Gasteiger partial charge in [0.2, 0.25) is 11.1 Å². The smallest absolute Gasteiger partial charge is 0.289 e. The second-order valence-electron chi connectivity index (χ2n) is 5.45. The Bertz CT molecular complexity index is 1030. The van der Waals surface area contributed by atoms with Gasteiger partial charge in [0.15, 0.2) is 11.5 Å². The van der Waals surface area contributed by atoms with Gasteiger partial charge in [0.05, 0.1) is 19.0 Å². The third kappa shape index (κ3) is 5.45. The van der Waals surface area contributed by atoms with Gasteiger partial charge in [0, 0.05) is 6.20 Å². The van der Waals surface area contributed by atoms with Gasteiger partial charge in [0.1, 0.15) is 5.69 Å². The Morgan fingerprint density at radius 3 is 2.90 bits per heavy atom. The van der Waals surface area contributed by atoms with E-state index in [-0.39, 0.29) is 22.6 Å². The molecule has 0 unspecified atom stereocenters. The predicted octanol–water partition coefficient (Wildman–Crippen LogP) is 3.62. The maximum absolute atomic E-state index is 13.8. The van der Waals surface area contributed by atoms with Crippen molar-refractivity contribution in [2.45, 2.75) is 6.92 Å². The average molecular weight is 416 g/mol. The quantitative estimate of drug-likeness (QED) is 0.359. The largest absolute Gasteiger partial charge is 0.490 e. The Morgan fingerprint density at radius 2 is 2.14 bits per heavy atom. The zero-order valence-corrected chi connectivity index (χ0v) is 15.9. The molecule has 0 spiro atoms. The van der Waals surface area contributed by atoms with Gasteiger partial charge in [-0.25, -0.2) is 10.4 Å². The molecule has 0 fully saturated rings. The normalized spacial score (nSPS) is 10.7. The van der Waals surface area contributed by atoms with Crippen molar-refractivity contribution >= 4 is 23.7 Å². The van der Waals surface area contributed by atoms with Crippen LogP contribution >= 0.6 is 11.6 Å². The van der Waals surface area contributed by atoms with E-state index in [2.05, 4.69) is 25.5 Å². The van der Waals surface area contributed by atoms with Crippen molar-refractivity contribution in [1.29, 1.82) is 0 Å². The Hall–Kier alpha value is -3.59. The molecular weight excluding hydrogens is 401 g/mol. The summed E-state index contributed by atoms with van der Waals surface area (Å²) in [7, 11) is 0. The van der Waals surface area contributed by atoms with Crippen molar-refractivity contribution in [2.24, 2.45) is 5.10 Å². The lowest BCUT2D eigenvalue weighted by Gasteiger charge is -2.12. The Labute approximate surface area is 170 Å². The molecule has 2 heterocycles. The van der Waals surface area contributed by atoms with E-state index in [1.165, 1.54) is 12.4 Å². The van der Waals surface area contributed by atoms with E-state index in [0.717, 1.165) is 6.20 Å². The van der Waals surface area contributed by atoms with Gasteiger partial charge in [0.25, 0.3) is 11.8 Å². The Kier molecular flexibility index (Phi) is 6.64. The number of nitrogens with one attached hydrogen (secondary N) is 1. The third-order valence-electron chi connectivity index (χ3n) is 3.43. The molecule has 3 aromatic rings. The molecule has 0 saturated heterocycles. The molecule has 148 valence electrons. The maximum atomic E-state index is 13.8. The fourth-order valence-electron chi connectivity index (χ4n) is 2.18. The molecule has 10 heteroatoms. The van der Waals surface area contributed by atoms with Crippen molar-refractivity contribution in [2.75, 3.05) is 6.61 Å². The maximum Gasteiger partial charge on any atom is 0.289 e. The first kappa shape index (κ1) is 20.2. The fraction of sp³-hybridized carbons (Fsp3) is 0.105. The highest BCUT2D eigenvalue weighted by molar-refractivity contribution is 6.28. The van der Waals surface area contributed by atoms with Crippen molar-refractivity contribution in [3.05, 3.63) is 71.2 Å². The average Bonchev–Trinajstić information content (AvgIpc) is 2.73. The number of rotatable bonds is 7. The van der Waals surface area contributed by atoms with Gasteiger partial charge < -0.3 is 9.47 Å². The molecule has 1 aromatic carbocycles. The van der Waals surface area contributed by atoms with Crippen molar-refractivity contribution < 1.29 is 18.7 Å². The van der Waals surface area contributed by atoms with E-state index in [1.54, 1.807) is 43.3 Å². The molecule has 29 heavy (non-hydrogen) atoms. The summed E-state index contributed by atoms with van der Waals surface area (Å²) in [5.41, 5.74) is 3.24. The number of amides is 1. The van der Waals surface area contributed by atoms with Gasteiger partial charge in [-0.3, -0.25) is 9.78 Å². The number of benzene rings is 1. The van der Waals surface area contributed by atoms with Crippen molar-refractivity contribution in [3.8, 4) is 17.4 Å². The Morgan fingerprint density at radius 1 is 1.28 bits per heavy atom. The summed E-state index contributed by atoms with van der Waals surface area (Å²) in [6.45, 7) is 2.14. The van der Waals surface area contributed by atoms with Crippen LogP contribution in [0.1, 0.15) is 23.0 Å². The molecule has 1 N–H and O–H groups in total. The zero-order valence-electron chi connectivity index (χ0n) is 15.2. The van der Waals surface area contributed by atoms with Gasteiger partial charge in [-0.05, 0) is 54.4 Å². The Balaban J connectivity index is 1.75. The number of nitrogens with zero attached hydrogens (tertiary/aromatic N) is 4. The van der Waals surface area contributed by atoms with Crippen LogP contribution in [0.4, 0.5) is 4.39 Å². The van der Waals surface area contributed by atoms with Gasteiger partial charge >= 0.3 is 0 Å². The molecule has 1 amide bonds. The lowest BCUT2D eigenvalue weighted by molar-refractivity contribution is 0.0950. The molecular formula is C19H15ClFN5O3. The van der Waals surface area contributed by atoms with Gasteiger partial charge in [-0.1, -0.05) is 6.07 Å². The highest BCUT2D eigenvalue weighted by Crippen LogP contribution is 2.32. The summed E-state index contributed by atoms with van der Waals surface area (Å²) in [5, 5.41) is 3.75. The highest BCUT2D eigenvalue weighted by Gasteiger charge is 2.13. The first-order chi connectivity index (χ1) is 14.1. The fourth-order valence-corrected chi connectivity index (χ4v) is 2.31. The number of aromatic nitrogens is 3. The molecule has 0 saturated carbocycles. The third-order valence-corrected chi connectivity index (χ3v) is 3.62. The lowest BCUT2D eigenvalue weighted by Crippen LogP contribution is -2.18. The van der Waals surface area contributed by atoms with E-state index in [9.17, 15) is 9.18 Å². The molecule has 0 aliphatic carbocycles. The number of ether oxygens (including phenoxy) is 2. The van der Waals surface area contributed by atoms with E-state index in [0.29, 0.717) is 17.9 Å². The lowest BCUT2D eigenvalue weighted by atomic mass is 10.2. The van der Waals surface area contributed by atoms with Crippen LogP contribution in [0.2, 0.25) is 5.28 Å². The minimum Gasteiger partial charge on any atom is -0.490 e. The van der Waals surface area contributed by atoms with E-state index in [4.69, 9.17) is 21.1 Å². The zero-order chi connectivity index (χ0) is 20.6.